The predicted molar refractivity (Wildman–Crippen MR) is 132 cm³/mol. The topological polar surface area (TPSA) is 128 Å². The van der Waals surface area contributed by atoms with Gasteiger partial charge < -0.3 is 9.30 Å². The number of hydrogen-bond acceptors (Lipinski definition) is 7. The molecule has 0 saturated carbocycles. The number of hydroxylamine groups is 1. The van der Waals surface area contributed by atoms with Crippen LogP contribution in [0, 0.1) is 0 Å². The molecule has 3 aromatic rings. The number of pyridine rings is 2. The van der Waals surface area contributed by atoms with Gasteiger partial charge in [-0.1, -0.05) is 18.2 Å². The largest absolute Gasteiger partial charge is 0.494 e. The smallest absolute Gasteiger partial charge is 0.264 e. The number of aryl methyl sites for hydroxylation is 2. The Morgan fingerprint density at radius 3 is 2.51 bits per heavy atom. The van der Waals surface area contributed by atoms with Gasteiger partial charge in [0.15, 0.2) is 14.6 Å². The van der Waals surface area contributed by atoms with Gasteiger partial charge in [-0.25, -0.2) is 13.9 Å². The number of nitrogens with one attached hydrogen (secondary N) is 1. The summed E-state index contributed by atoms with van der Waals surface area (Å²) in [6, 6.07) is 14.6. The van der Waals surface area contributed by atoms with E-state index in [4.69, 9.17) is 9.94 Å². The van der Waals surface area contributed by atoms with Crippen LogP contribution in [0.1, 0.15) is 25.3 Å². The molecule has 1 unspecified atom stereocenters. The lowest BCUT2D eigenvalue weighted by Crippen LogP contribution is -2.49. The highest BCUT2D eigenvalue weighted by Crippen LogP contribution is 2.23. The number of benzene rings is 1. The fourth-order valence-corrected chi connectivity index (χ4v) is 4.39. The van der Waals surface area contributed by atoms with Crippen LogP contribution in [0.3, 0.4) is 0 Å². The zero-order valence-electron chi connectivity index (χ0n) is 19.7. The normalized spacial score (nSPS) is 13.1. The van der Waals surface area contributed by atoms with Crippen LogP contribution in [0.15, 0.2) is 71.9 Å². The first kappa shape index (κ1) is 26.1. The highest BCUT2D eigenvalue weighted by Gasteiger charge is 2.43. The van der Waals surface area contributed by atoms with Gasteiger partial charge in [0.2, 0.25) is 0 Å². The summed E-state index contributed by atoms with van der Waals surface area (Å²) in [6.45, 7) is 1.78. The minimum atomic E-state index is -3.84. The summed E-state index contributed by atoms with van der Waals surface area (Å²) < 4.78 is 29.5. The van der Waals surface area contributed by atoms with Gasteiger partial charge in [-0.3, -0.25) is 19.8 Å². The van der Waals surface area contributed by atoms with Crippen molar-refractivity contribution in [2.45, 2.75) is 37.5 Å². The quantitative estimate of drug-likeness (QED) is 0.236. The van der Waals surface area contributed by atoms with E-state index in [1.54, 1.807) is 18.5 Å². The Morgan fingerprint density at radius 2 is 1.91 bits per heavy atom. The lowest BCUT2D eigenvalue weighted by atomic mass is 10.1. The van der Waals surface area contributed by atoms with E-state index in [2.05, 4.69) is 4.98 Å². The molecule has 0 aliphatic heterocycles. The summed E-state index contributed by atoms with van der Waals surface area (Å²) in [5.41, 5.74) is 3.77. The van der Waals surface area contributed by atoms with E-state index in [1.165, 1.54) is 28.6 Å². The highest BCUT2D eigenvalue weighted by atomic mass is 32.2. The van der Waals surface area contributed by atoms with Gasteiger partial charge >= 0.3 is 0 Å². The van der Waals surface area contributed by atoms with E-state index < -0.39 is 20.5 Å². The number of rotatable bonds is 11. The molecule has 0 aliphatic carbocycles. The van der Waals surface area contributed by atoms with Crippen molar-refractivity contribution in [1.29, 1.82) is 0 Å². The van der Waals surface area contributed by atoms with Crippen LogP contribution in [-0.2, 0) is 27.6 Å². The molecular formula is C25H29N3O6S. The molecule has 0 radical (unpaired) electrons. The SMILES string of the molecule is CC(CCn1ccc(-c2ccc(OCCCc3cccnc3)cc2)cc1=O)(C(=O)NO)S(C)(=O)=O. The molecule has 9 nitrogen and oxygen atoms in total. The molecule has 35 heavy (non-hydrogen) atoms. The summed E-state index contributed by atoms with van der Waals surface area (Å²) in [5.74, 6) is -0.306. The maximum atomic E-state index is 12.6. The van der Waals surface area contributed by atoms with Gasteiger partial charge in [-0.15, -0.1) is 0 Å². The average molecular weight is 500 g/mol. The standard InChI is InChI=1S/C25H29N3O6S/c1-25(24(30)27-31,35(2,32)33)12-15-28-14-11-21(17-23(28)29)20-7-9-22(10-8-20)34-16-4-6-19-5-3-13-26-18-19/h3,5,7-11,13-14,17-18,31H,4,6,12,15-16H2,1-2H3,(H,27,30). The highest BCUT2D eigenvalue weighted by molar-refractivity contribution is 7.92. The molecule has 0 spiro atoms. The van der Waals surface area contributed by atoms with Gasteiger partial charge in [0, 0.05) is 37.5 Å². The Kier molecular flexibility index (Phi) is 8.42. The Hall–Kier alpha value is -3.50. The molecule has 0 saturated heterocycles. The fourth-order valence-electron chi connectivity index (χ4n) is 3.55. The maximum absolute atomic E-state index is 12.6. The summed E-state index contributed by atoms with van der Waals surface area (Å²) >= 11 is 0. The summed E-state index contributed by atoms with van der Waals surface area (Å²) in [7, 11) is -3.84. The molecule has 2 N–H and O–H groups in total. The van der Waals surface area contributed by atoms with Crippen LogP contribution in [0.2, 0.25) is 0 Å². The third kappa shape index (κ3) is 6.55. The third-order valence-electron chi connectivity index (χ3n) is 6.02. The molecule has 0 aliphatic rings. The number of hydrogen-bond donors (Lipinski definition) is 2. The molecule has 3 rings (SSSR count). The monoisotopic (exact) mass is 499 g/mol. The summed E-state index contributed by atoms with van der Waals surface area (Å²) in [4.78, 5) is 28.7. The van der Waals surface area contributed by atoms with E-state index in [-0.39, 0.29) is 18.5 Å². The number of aromatic nitrogens is 2. The van der Waals surface area contributed by atoms with E-state index in [1.807, 2.05) is 42.6 Å². The zero-order chi connectivity index (χ0) is 25.5. The van der Waals surface area contributed by atoms with Crippen LogP contribution < -0.4 is 15.8 Å². The second-order valence-corrected chi connectivity index (χ2v) is 10.9. The predicted octanol–water partition coefficient (Wildman–Crippen LogP) is 2.62. The first-order valence-corrected chi connectivity index (χ1v) is 13.0. The third-order valence-corrected chi connectivity index (χ3v) is 8.04. The molecule has 2 aromatic heterocycles. The van der Waals surface area contributed by atoms with E-state index >= 15 is 0 Å². The number of ether oxygens (including phenoxy) is 1. The van der Waals surface area contributed by atoms with Crippen LogP contribution in [-0.4, -0.2) is 46.7 Å². The first-order chi connectivity index (χ1) is 16.6. The van der Waals surface area contributed by atoms with E-state index in [0.29, 0.717) is 12.2 Å². The van der Waals surface area contributed by atoms with Gasteiger partial charge in [0.1, 0.15) is 5.75 Å². The van der Waals surface area contributed by atoms with Crippen LogP contribution >= 0.6 is 0 Å². The van der Waals surface area contributed by atoms with Crippen molar-refractivity contribution in [2.24, 2.45) is 0 Å². The minimum Gasteiger partial charge on any atom is -0.494 e. The Balaban J connectivity index is 1.60. The lowest BCUT2D eigenvalue weighted by Gasteiger charge is -2.25. The number of carbonyl (C=O) groups excluding carboxylic acids is 1. The number of nitrogens with zero attached hydrogens (tertiary/aromatic N) is 2. The molecule has 10 heteroatoms. The second-order valence-electron chi connectivity index (χ2n) is 8.48. The molecule has 186 valence electrons. The molecule has 0 bridgehead atoms. The number of carbonyl (C=O) groups is 1. The summed E-state index contributed by atoms with van der Waals surface area (Å²) in [6.07, 6.45) is 7.64. The van der Waals surface area contributed by atoms with Crippen LogP contribution in [0.5, 0.6) is 5.75 Å². The van der Waals surface area contributed by atoms with Crippen LogP contribution in [0.4, 0.5) is 0 Å². The molecule has 1 aromatic carbocycles. The van der Waals surface area contributed by atoms with Crippen molar-refractivity contribution >= 4 is 15.7 Å². The Labute approximate surface area is 204 Å². The van der Waals surface area contributed by atoms with Gasteiger partial charge in [-0.05, 0) is 67.1 Å². The average Bonchev–Trinajstić information content (AvgIpc) is 2.85. The summed E-state index contributed by atoms with van der Waals surface area (Å²) in [5, 5.41) is 8.93. The van der Waals surface area contributed by atoms with Crippen LogP contribution in [0.25, 0.3) is 11.1 Å². The Morgan fingerprint density at radius 1 is 1.17 bits per heavy atom. The van der Waals surface area contributed by atoms with Gasteiger partial charge in [0.05, 0.1) is 6.61 Å². The number of sulfone groups is 1. The molecular weight excluding hydrogens is 470 g/mol. The van der Waals surface area contributed by atoms with E-state index in [0.717, 1.165) is 30.4 Å². The molecule has 1 atom stereocenters. The van der Waals surface area contributed by atoms with Crippen molar-refractivity contribution in [3.05, 3.63) is 83.0 Å². The van der Waals surface area contributed by atoms with Gasteiger partial charge in [0.25, 0.3) is 11.5 Å². The van der Waals surface area contributed by atoms with Crippen molar-refractivity contribution in [3.63, 3.8) is 0 Å². The molecule has 0 fully saturated rings. The molecule has 1 amide bonds. The van der Waals surface area contributed by atoms with E-state index in [9.17, 15) is 18.0 Å². The second kappa shape index (κ2) is 11.3. The fraction of sp³-hybridized carbons (Fsp3) is 0.320. The Bertz CT molecular complexity index is 1310. The number of amides is 1. The first-order valence-electron chi connectivity index (χ1n) is 11.1. The van der Waals surface area contributed by atoms with Gasteiger partial charge in [-0.2, -0.15) is 0 Å². The van der Waals surface area contributed by atoms with Crippen molar-refractivity contribution in [1.82, 2.24) is 15.0 Å². The van der Waals surface area contributed by atoms with Crippen molar-refractivity contribution in [3.8, 4) is 16.9 Å². The zero-order valence-corrected chi connectivity index (χ0v) is 20.5. The molecule has 2 heterocycles. The minimum absolute atomic E-state index is 0.0120. The van der Waals surface area contributed by atoms with Crippen molar-refractivity contribution < 1.29 is 23.2 Å². The lowest BCUT2D eigenvalue weighted by molar-refractivity contribution is -0.131. The maximum Gasteiger partial charge on any atom is 0.264 e. The van der Waals surface area contributed by atoms with Crippen molar-refractivity contribution in [2.75, 3.05) is 12.9 Å².